The zero-order valence-electron chi connectivity index (χ0n) is 10.9. The van der Waals surface area contributed by atoms with Crippen LogP contribution in [0.15, 0.2) is 36.5 Å². The lowest BCUT2D eigenvalue weighted by atomic mass is 10.2. The van der Waals surface area contributed by atoms with E-state index in [1.807, 2.05) is 12.1 Å². The van der Waals surface area contributed by atoms with Crippen LogP contribution in [-0.4, -0.2) is 20.4 Å². The lowest BCUT2D eigenvalue weighted by Gasteiger charge is -2.08. The topological polar surface area (TPSA) is 54.5 Å². The van der Waals surface area contributed by atoms with E-state index in [-0.39, 0.29) is 5.56 Å². The van der Waals surface area contributed by atoms with E-state index in [0.717, 1.165) is 11.3 Å². The van der Waals surface area contributed by atoms with Gasteiger partial charge in [0.1, 0.15) is 23.2 Å². The number of aryl methyl sites for hydroxylation is 1. The number of nitriles is 1. The van der Waals surface area contributed by atoms with Crippen LogP contribution < -0.4 is 0 Å². The zero-order valence-corrected chi connectivity index (χ0v) is 11.7. The highest BCUT2D eigenvalue weighted by molar-refractivity contribution is 6.17. The summed E-state index contributed by atoms with van der Waals surface area (Å²) < 4.78 is 15.3. The number of alkyl halides is 1. The predicted molar refractivity (Wildman–Crippen MR) is 78.0 cm³/mol. The normalized spacial score (nSPS) is 10.7. The molecule has 0 aliphatic heterocycles. The Morgan fingerprint density at radius 1 is 1.33 bits per heavy atom. The Hall–Kier alpha value is -2.45. The fourth-order valence-corrected chi connectivity index (χ4v) is 2.39. The highest BCUT2D eigenvalue weighted by Crippen LogP contribution is 2.22. The first-order chi connectivity index (χ1) is 10.2. The van der Waals surface area contributed by atoms with Crippen LogP contribution in [0.3, 0.4) is 0 Å². The van der Waals surface area contributed by atoms with Gasteiger partial charge < -0.3 is 0 Å². The molecule has 0 aliphatic rings. The van der Waals surface area contributed by atoms with E-state index in [4.69, 9.17) is 16.9 Å². The number of halogens is 2. The maximum absolute atomic E-state index is 13.5. The number of rotatable bonds is 3. The first kappa shape index (κ1) is 13.5. The number of hydrogen-bond acceptors (Lipinski definition) is 3. The van der Waals surface area contributed by atoms with Crippen molar-refractivity contribution in [1.82, 2.24) is 14.5 Å². The van der Waals surface area contributed by atoms with E-state index in [1.54, 1.807) is 22.9 Å². The van der Waals surface area contributed by atoms with Crippen molar-refractivity contribution in [3.8, 4) is 11.8 Å². The SMILES string of the molecule is N#Cc1cc(-n2c(CCCl)nc3cccnc32)ccc1F. The van der Waals surface area contributed by atoms with Crippen molar-refractivity contribution >= 4 is 22.8 Å². The molecule has 0 radical (unpaired) electrons. The Morgan fingerprint density at radius 2 is 2.19 bits per heavy atom. The maximum atomic E-state index is 13.5. The summed E-state index contributed by atoms with van der Waals surface area (Å²) in [4.78, 5) is 8.82. The lowest BCUT2D eigenvalue weighted by molar-refractivity contribution is 0.623. The Kier molecular flexibility index (Phi) is 3.55. The van der Waals surface area contributed by atoms with Crippen molar-refractivity contribution in [2.75, 3.05) is 5.88 Å². The summed E-state index contributed by atoms with van der Waals surface area (Å²) in [5.41, 5.74) is 2.03. The fraction of sp³-hybridized carbons (Fsp3) is 0.133. The van der Waals surface area contributed by atoms with Gasteiger partial charge in [-0.05, 0) is 30.3 Å². The Labute approximate surface area is 125 Å². The van der Waals surface area contributed by atoms with Crippen LogP contribution >= 0.6 is 11.6 Å². The number of pyridine rings is 1. The second-order valence-electron chi connectivity index (χ2n) is 4.42. The summed E-state index contributed by atoms with van der Waals surface area (Å²) in [6.07, 6.45) is 2.22. The van der Waals surface area contributed by atoms with Gasteiger partial charge in [-0.1, -0.05) is 0 Å². The molecule has 4 nitrogen and oxygen atoms in total. The van der Waals surface area contributed by atoms with Crippen LogP contribution in [-0.2, 0) is 6.42 Å². The summed E-state index contributed by atoms with van der Waals surface area (Å²) in [5.74, 6) is 0.599. The Bertz CT molecular complexity index is 850. The van der Waals surface area contributed by atoms with E-state index >= 15 is 0 Å². The predicted octanol–water partition coefficient (Wildman–Crippen LogP) is 3.21. The summed E-state index contributed by atoms with van der Waals surface area (Å²) >= 11 is 5.82. The standard InChI is InChI=1S/C15H10ClFN4/c16-6-5-14-20-13-2-1-7-19-15(13)21(14)11-3-4-12(17)10(8-11)9-18/h1-4,7-8H,5-6H2. The van der Waals surface area contributed by atoms with Gasteiger partial charge in [-0.25, -0.2) is 14.4 Å². The second kappa shape index (κ2) is 5.51. The molecule has 0 atom stereocenters. The molecule has 0 aliphatic carbocycles. The average molecular weight is 301 g/mol. The number of nitrogens with zero attached hydrogens (tertiary/aromatic N) is 4. The molecular formula is C15H10ClFN4. The van der Waals surface area contributed by atoms with Crippen LogP contribution in [0.5, 0.6) is 0 Å². The van der Waals surface area contributed by atoms with Crippen LogP contribution in [0.1, 0.15) is 11.4 Å². The number of benzene rings is 1. The molecule has 0 saturated carbocycles. The first-order valence-electron chi connectivity index (χ1n) is 6.33. The van der Waals surface area contributed by atoms with Crippen LogP contribution in [0.25, 0.3) is 16.9 Å². The van der Waals surface area contributed by atoms with Gasteiger partial charge in [0.2, 0.25) is 0 Å². The van der Waals surface area contributed by atoms with Crippen molar-refractivity contribution < 1.29 is 4.39 Å². The van der Waals surface area contributed by atoms with E-state index in [9.17, 15) is 4.39 Å². The molecule has 0 saturated heterocycles. The maximum Gasteiger partial charge on any atom is 0.164 e. The number of hydrogen-bond donors (Lipinski definition) is 0. The van der Waals surface area contributed by atoms with Gasteiger partial charge >= 0.3 is 0 Å². The van der Waals surface area contributed by atoms with Gasteiger partial charge in [-0.2, -0.15) is 5.26 Å². The first-order valence-corrected chi connectivity index (χ1v) is 6.86. The molecular weight excluding hydrogens is 291 g/mol. The van der Waals surface area contributed by atoms with E-state index in [2.05, 4.69) is 9.97 Å². The van der Waals surface area contributed by atoms with Crippen molar-refractivity contribution in [1.29, 1.82) is 5.26 Å². The molecule has 0 N–H and O–H groups in total. The third-order valence-electron chi connectivity index (χ3n) is 3.13. The molecule has 2 heterocycles. The molecule has 21 heavy (non-hydrogen) atoms. The zero-order chi connectivity index (χ0) is 14.8. The monoisotopic (exact) mass is 300 g/mol. The molecule has 6 heteroatoms. The van der Waals surface area contributed by atoms with Crippen molar-refractivity contribution in [2.24, 2.45) is 0 Å². The van der Waals surface area contributed by atoms with Crippen molar-refractivity contribution in [3.05, 3.63) is 53.7 Å². The summed E-state index contributed by atoms with van der Waals surface area (Å²) in [6.45, 7) is 0. The third kappa shape index (κ3) is 2.34. The van der Waals surface area contributed by atoms with Gasteiger partial charge in [0.15, 0.2) is 5.65 Å². The summed E-state index contributed by atoms with van der Waals surface area (Å²) in [5, 5.41) is 8.97. The number of fused-ring (bicyclic) bond motifs is 1. The molecule has 0 amide bonds. The minimum Gasteiger partial charge on any atom is -0.281 e. The van der Waals surface area contributed by atoms with Crippen molar-refractivity contribution in [2.45, 2.75) is 6.42 Å². The van der Waals surface area contributed by atoms with Crippen LogP contribution in [0.4, 0.5) is 4.39 Å². The van der Waals surface area contributed by atoms with Crippen molar-refractivity contribution in [3.63, 3.8) is 0 Å². The van der Waals surface area contributed by atoms with Crippen LogP contribution in [0.2, 0.25) is 0 Å². The largest absolute Gasteiger partial charge is 0.281 e. The minimum atomic E-state index is -0.544. The molecule has 1 aromatic carbocycles. The van der Waals surface area contributed by atoms with Gasteiger partial charge in [-0.3, -0.25) is 4.57 Å². The second-order valence-corrected chi connectivity index (χ2v) is 4.80. The molecule has 0 bridgehead atoms. The summed E-state index contributed by atoms with van der Waals surface area (Å²) in [7, 11) is 0. The van der Waals surface area contributed by atoms with Gasteiger partial charge in [-0.15, -0.1) is 11.6 Å². The molecule has 3 aromatic rings. The number of aromatic nitrogens is 3. The molecule has 2 aromatic heterocycles. The fourth-order valence-electron chi connectivity index (χ4n) is 2.22. The average Bonchev–Trinajstić information content (AvgIpc) is 2.86. The van der Waals surface area contributed by atoms with Gasteiger partial charge in [0, 0.05) is 18.5 Å². The summed E-state index contributed by atoms with van der Waals surface area (Å²) in [6, 6.07) is 9.86. The molecule has 0 fully saturated rings. The van der Waals surface area contributed by atoms with E-state index in [0.29, 0.717) is 23.6 Å². The Balaban J connectivity index is 2.28. The highest BCUT2D eigenvalue weighted by atomic mass is 35.5. The van der Waals surface area contributed by atoms with Crippen LogP contribution in [0, 0.1) is 17.1 Å². The van der Waals surface area contributed by atoms with E-state index in [1.165, 1.54) is 12.1 Å². The molecule has 3 rings (SSSR count). The quantitative estimate of drug-likeness (QED) is 0.698. The minimum absolute atomic E-state index is 0.0119. The molecule has 104 valence electrons. The Morgan fingerprint density at radius 3 is 2.95 bits per heavy atom. The van der Waals surface area contributed by atoms with E-state index < -0.39 is 5.82 Å². The number of imidazole rings is 1. The third-order valence-corrected chi connectivity index (χ3v) is 3.32. The molecule has 0 unspecified atom stereocenters. The highest BCUT2D eigenvalue weighted by Gasteiger charge is 2.14. The smallest absolute Gasteiger partial charge is 0.164 e. The lowest BCUT2D eigenvalue weighted by Crippen LogP contribution is -2.03. The molecule has 0 spiro atoms. The van der Waals surface area contributed by atoms with Gasteiger partial charge in [0.05, 0.1) is 11.3 Å². The van der Waals surface area contributed by atoms with Gasteiger partial charge in [0.25, 0.3) is 0 Å².